The third kappa shape index (κ3) is 1.85. The number of hydrogen-bond acceptors (Lipinski definition) is 4. The van der Waals surface area contributed by atoms with Crippen molar-refractivity contribution in [2.24, 2.45) is 5.73 Å². The van der Waals surface area contributed by atoms with E-state index in [0.717, 1.165) is 19.3 Å². The standard InChI is InChI=1S/C10H14FN3O/c11-9-13-6-4-8(14-9)10(15)5-2-1-3-7(10)12/h4,6-7,15H,1-3,5,12H2. The van der Waals surface area contributed by atoms with Gasteiger partial charge in [0, 0.05) is 12.2 Å². The fourth-order valence-corrected chi connectivity index (χ4v) is 2.08. The van der Waals surface area contributed by atoms with E-state index in [9.17, 15) is 9.50 Å². The van der Waals surface area contributed by atoms with Gasteiger partial charge in [-0.3, -0.25) is 0 Å². The van der Waals surface area contributed by atoms with Gasteiger partial charge in [0.15, 0.2) is 0 Å². The smallest absolute Gasteiger partial charge is 0.308 e. The maximum atomic E-state index is 12.8. The maximum Gasteiger partial charge on any atom is 0.308 e. The van der Waals surface area contributed by atoms with Gasteiger partial charge in [0.1, 0.15) is 5.60 Å². The first-order chi connectivity index (χ1) is 7.13. The van der Waals surface area contributed by atoms with Crippen molar-refractivity contribution in [2.45, 2.75) is 37.3 Å². The van der Waals surface area contributed by atoms with E-state index in [1.165, 1.54) is 12.3 Å². The Kier molecular flexibility index (Phi) is 2.67. The van der Waals surface area contributed by atoms with Crippen molar-refractivity contribution >= 4 is 0 Å². The van der Waals surface area contributed by atoms with Crippen LogP contribution in [0.15, 0.2) is 12.3 Å². The van der Waals surface area contributed by atoms with Gasteiger partial charge in [-0.05, 0) is 18.9 Å². The second kappa shape index (κ2) is 3.83. The molecule has 3 N–H and O–H groups in total. The molecule has 1 saturated carbocycles. The van der Waals surface area contributed by atoms with Gasteiger partial charge in [-0.1, -0.05) is 12.8 Å². The lowest BCUT2D eigenvalue weighted by atomic mass is 9.78. The molecule has 1 aliphatic carbocycles. The minimum atomic E-state index is -1.19. The Morgan fingerprint density at radius 2 is 2.33 bits per heavy atom. The Morgan fingerprint density at radius 3 is 3.00 bits per heavy atom. The monoisotopic (exact) mass is 211 g/mol. The van der Waals surface area contributed by atoms with Crippen LogP contribution in [0.5, 0.6) is 0 Å². The lowest BCUT2D eigenvalue weighted by Crippen LogP contribution is -2.48. The summed E-state index contributed by atoms with van der Waals surface area (Å²) in [6.07, 6.45) is 3.63. The number of aromatic nitrogens is 2. The zero-order valence-corrected chi connectivity index (χ0v) is 8.36. The molecule has 0 saturated heterocycles. The molecule has 15 heavy (non-hydrogen) atoms. The molecule has 0 bridgehead atoms. The van der Waals surface area contributed by atoms with E-state index in [4.69, 9.17) is 5.73 Å². The summed E-state index contributed by atoms with van der Waals surface area (Å²) in [6, 6.07) is 1.15. The molecule has 1 aromatic rings. The van der Waals surface area contributed by atoms with E-state index in [-0.39, 0.29) is 6.04 Å². The molecule has 2 unspecified atom stereocenters. The molecule has 0 amide bonds. The Bertz CT molecular complexity index is 360. The van der Waals surface area contributed by atoms with Crippen LogP contribution in [0.3, 0.4) is 0 Å². The van der Waals surface area contributed by atoms with Gasteiger partial charge in [-0.25, -0.2) is 9.97 Å². The first kappa shape index (κ1) is 10.4. The molecule has 0 spiro atoms. The zero-order valence-electron chi connectivity index (χ0n) is 8.36. The predicted molar refractivity (Wildman–Crippen MR) is 52.3 cm³/mol. The summed E-state index contributed by atoms with van der Waals surface area (Å²) < 4.78 is 12.8. The van der Waals surface area contributed by atoms with Crippen molar-refractivity contribution in [3.8, 4) is 0 Å². The Labute approximate surface area is 87.4 Å². The average Bonchev–Trinajstić information content (AvgIpc) is 2.23. The van der Waals surface area contributed by atoms with Gasteiger partial charge in [0.2, 0.25) is 0 Å². The van der Waals surface area contributed by atoms with Crippen LogP contribution in [0.1, 0.15) is 31.4 Å². The Morgan fingerprint density at radius 1 is 1.53 bits per heavy atom. The second-order valence-corrected chi connectivity index (χ2v) is 3.99. The van der Waals surface area contributed by atoms with E-state index in [0.29, 0.717) is 12.1 Å². The Hall–Kier alpha value is -1.07. The van der Waals surface area contributed by atoms with Gasteiger partial charge >= 0.3 is 6.08 Å². The second-order valence-electron chi connectivity index (χ2n) is 3.99. The van der Waals surface area contributed by atoms with Crippen LogP contribution in [-0.4, -0.2) is 21.1 Å². The number of aliphatic hydroxyl groups is 1. The van der Waals surface area contributed by atoms with Crippen LogP contribution < -0.4 is 5.73 Å². The third-order valence-electron chi connectivity index (χ3n) is 3.01. The molecule has 2 rings (SSSR count). The fourth-order valence-electron chi connectivity index (χ4n) is 2.08. The number of nitrogens with two attached hydrogens (primary N) is 1. The molecule has 1 aliphatic rings. The summed E-state index contributed by atoms with van der Waals surface area (Å²) in [7, 11) is 0. The number of hydrogen-bond donors (Lipinski definition) is 2. The van der Waals surface area contributed by atoms with Crippen LogP contribution in [0.2, 0.25) is 0 Å². The van der Waals surface area contributed by atoms with Gasteiger partial charge in [0.25, 0.3) is 0 Å². The quantitative estimate of drug-likeness (QED) is 0.671. The van der Waals surface area contributed by atoms with Crippen molar-refractivity contribution in [3.63, 3.8) is 0 Å². The summed E-state index contributed by atoms with van der Waals surface area (Å²) in [5.74, 6) is 0. The Balaban J connectivity index is 2.34. The lowest BCUT2D eigenvalue weighted by molar-refractivity contribution is -0.0239. The molecule has 0 radical (unpaired) electrons. The van der Waals surface area contributed by atoms with Crippen LogP contribution in [0.25, 0.3) is 0 Å². The summed E-state index contributed by atoms with van der Waals surface area (Å²) in [6.45, 7) is 0. The predicted octanol–water partition coefficient (Wildman–Crippen LogP) is 0.705. The third-order valence-corrected chi connectivity index (χ3v) is 3.01. The van der Waals surface area contributed by atoms with Crippen LogP contribution in [0, 0.1) is 6.08 Å². The first-order valence-corrected chi connectivity index (χ1v) is 5.10. The highest BCUT2D eigenvalue weighted by atomic mass is 19.1. The van der Waals surface area contributed by atoms with E-state index in [1.54, 1.807) is 0 Å². The SMILES string of the molecule is NC1CCCCC1(O)c1ccnc(F)n1. The normalized spacial score (nSPS) is 31.5. The van der Waals surface area contributed by atoms with Crippen molar-refractivity contribution in [2.75, 3.05) is 0 Å². The summed E-state index contributed by atoms with van der Waals surface area (Å²) in [4.78, 5) is 6.97. The summed E-state index contributed by atoms with van der Waals surface area (Å²) in [5.41, 5.74) is 4.96. The van der Waals surface area contributed by atoms with Gasteiger partial charge in [-0.2, -0.15) is 4.39 Å². The average molecular weight is 211 g/mol. The largest absolute Gasteiger partial charge is 0.382 e. The van der Waals surface area contributed by atoms with E-state index in [2.05, 4.69) is 9.97 Å². The van der Waals surface area contributed by atoms with Crippen LogP contribution in [-0.2, 0) is 5.60 Å². The molecule has 1 aromatic heterocycles. The van der Waals surface area contributed by atoms with E-state index in [1.807, 2.05) is 0 Å². The molecule has 5 heteroatoms. The maximum absolute atomic E-state index is 12.8. The minimum absolute atomic E-state index is 0.294. The van der Waals surface area contributed by atoms with E-state index >= 15 is 0 Å². The van der Waals surface area contributed by atoms with Crippen molar-refractivity contribution in [1.82, 2.24) is 9.97 Å². The topological polar surface area (TPSA) is 72.0 Å². The fraction of sp³-hybridized carbons (Fsp3) is 0.600. The zero-order chi connectivity index (χ0) is 10.9. The lowest BCUT2D eigenvalue weighted by Gasteiger charge is -2.37. The van der Waals surface area contributed by atoms with Crippen LogP contribution in [0.4, 0.5) is 4.39 Å². The van der Waals surface area contributed by atoms with E-state index < -0.39 is 11.7 Å². The number of halogens is 1. The first-order valence-electron chi connectivity index (χ1n) is 5.10. The van der Waals surface area contributed by atoms with Crippen molar-refractivity contribution in [1.29, 1.82) is 0 Å². The van der Waals surface area contributed by atoms with Gasteiger partial charge in [0.05, 0.1) is 5.69 Å². The molecular weight excluding hydrogens is 197 g/mol. The van der Waals surface area contributed by atoms with Crippen LogP contribution >= 0.6 is 0 Å². The molecule has 2 atom stereocenters. The molecule has 82 valence electrons. The molecular formula is C10H14FN3O. The number of nitrogens with zero attached hydrogens (tertiary/aromatic N) is 2. The molecule has 0 aromatic carbocycles. The highest BCUT2D eigenvalue weighted by Gasteiger charge is 2.39. The van der Waals surface area contributed by atoms with Gasteiger partial charge in [-0.15, -0.1) is 0 Å². The number of rotatable bonds is 1. The van der Waals surface area contributed by atoms with Crippen molar-refractivity contribution in [3.05, 3.63) is 24.0 Å². The minimum Gasteiger partial charge on any atom is -0.382 e. The molecule has 1 fully saturated rings. The molecule has 4 nitrogen and oxygen atoms in total. The van der Waals surface area contributed by atoms with Crippen molar-refractivity contribution < 1.29 is 9.50 Å². The molecule has 0 aliphatic heterocycles. The summed E-state index contributed by atoms with van der Waals surface area (Å²) >= 11 is 0. The highest BCUT2D eigenvalue weighted by molar-refractivity contribution is 5.14. The van der Waals surface area contributed by atoms with Gasteiger partial charge < -0.3 is 10.8 Å². The highest BCUT2D eigenvalue weighted by Crippen LogP contribution is 2.34. The summed E-state index contributed by atoms with van der Waals surface area (Å²) in [5, 5.41) is 10.4. The molecule has 1 heterocycles.